The van der Waals surface area contributed by atoms with Gasteiger partial charge in [0.2, 0.25) is 6.79 Å². The van der Waals surface area contributed by atoms with E-state index < -0.39 is 11.7 Å². The summed E-state index contributed by atoms with van der Waals surface area (Å²) in [6.07, 6.45) is 1.72. The summed E-state index contributed by atoms with van der Waals surface area (Å²) >= 11 is 0. The molecule has 1 N–H and O–H groups in total. The maximum atomic E-state index is 13.4. The second kappa shape index (κ2) is 7.60. The van der Waals surface area contributed by atoms with E-state index in [-0.39, 0.29) is 24.8 Å². The van der Waals surface area contributed by atoms with Crippen LogP contribution in [0.25, 0.3) is 16.6 Å². The summed E-state index contributed by atoms with van der Waals surface area (Å²) in [7, 11) is 0. The molecule has 0 aliphatic carbocycles. The number of ketones is 1. The van der Waals surface area contributed by atoms with Crippen molar-refractivity contribution in [1.82, 2.24) is 9.72 Å². The van der Waals surface area contributed by atoms with Crippen LogP contribution < -0.4 is 14.8 Å². The van der Waals surface area contributed by atoms with Gasteiger partial charge in [0.05, 0.1) is 0 Å². The van der Waals surface area contributed by atoms with Crippen LogP contribution in [0.1, 0.15) is 16.1 Å². The lowest BCUT2D eigenvalue weighted by molar-refractivity contribution is -0.117. The van der Waals surface area contributed by atoms with Gasteiger partial charge in [-0.1, -0.05) is 24.3 Å². The highest BCUT2D eigenvalue weighted by Crippen LogP contribution is 2.32. The highest BCUT2D eigenvalue weighted by atomic mass is 19.1. The van der Waals surface area contributed by atoms with Crippen molar-refractivity contribution in [3.05, 3.63) is 90.0 Å². The number of rotatable bonds is 5. The number of amides is 1. The maximum absolute atomic E-state index is 13.4. The minimum atomic E-state index is -0.732. The number of benzene rings is 2. The van der Waals surface area contributed by atoms with Gasteiger partial charge < -0.3 is 19.2 Å². The fourth-order valence-corrected chi connectivity index (χ4v) is 3.63. The fraction of sp³-hybridized carbons (Fsp3) is 0.0833. The lowest BCUT2D eigenvalue weighted by Gasteiger charge is -2.08. The van der Waals surface area contributed by atoms with Gasteiger partial charge in [-0.25, -0.2) is 4.39 Å². The molecule has 1 aliphatic heterocycles. The van der Waals surface area contributed by atoms with Gasteiger partial charge >= 0.3 is 0 Å². The van der Waals surface area contributed by atoms with Crippen molar-refractivity contribution in [2.45, 2.75) is 6.54 Å². The zero-order valence-electron chi connectivity index (χ0n) is 16.3. The van der Waals surface area contributed by atoms with E-state index in [1.807, 2.05) is 18.2 Å². The number of pyridine rings is 1. The second-order valence-electron chi connectivity index (χ2n) is 7.11. The number of nitrogens with zero attached hydrogens (tertiary/aromatic N) is 1. The van der Waals surface area contributed by atoms with Crippen LogP contribution in [0, 0.1) is 5.82 Å². The Labute approximate surface area is 176 Å². The Morgan fingerprint density at radius 3 is 2.61 bits per heavy atom. The summed E-state index contributed by atoms with van der Waals surface area (Å²) < 4.78 is 25.7. The van der Waals surface area contributed by atoms with Crippen LogP contribution in [-0.2, 0) is 11.3 Å². The maximum Gasteiger partial charge on any atom is 0.294 e. The van der Waals surface area contributed by atoms with E-state index in [2.05, 4.69) is 5.32 Å². The molecule has 31 heavy (non-hydrogen) atoms. The molecule has 4 aromatic rings. The Bertz CT molecular complexity index is 1310. The first-order valence-electron chi connectivity index (χ1n) is 9.67. The van der Waals surface area contributed by atoms with E-state index in [0.29, 0.717) is 22.6 Å². The average Bonchev–Trinajstić information content (AvgIpc) is 3.41. The number of fused-ring (bicyclic) bond motifs is 2. The van der Waals surface area contributed by atoms with E-state index in [1.165, 1.54) is 12.1 Å². The fourth-order valence-electron chi connectivity index (χ4n) is 3.63. The number of nitrogens with one attached hydrogen (secondary N) is 1. The highest BCUT2D eigenvalue weighted by molar-refractivity contribution is 6.43. The number of Topliss-reactive ketones (excluding diaryl/α,β-unsaturated/α-hetero) is 1. The standard InChI is InChI=1S/C24H17FN2O4/c25-17-7-5-16(6-8-17)19-12-18-3-1-2-10-27(18)22(19)23(28)24(29)26-13-15-4-9-20-21(11-15)31-14-30-20/h1-12H,13-14H2,(H,26,29). The summed E-state index contributed by atoms with van der Waals surface area (Å²) in [5.74, 6) is -0.526. The van der Waals surface area contributed by atoms with Gasteiger partial charge in [0.25, 0.3) is 11.7 Å². The van der Waals surface area contributed by atoms with Gasteiger partial charge in [0, 0.05) is 23.8 Å². The molecule has 0 bridgehead atoms. The summed E-state index contributed by atoms with van der Waals surface area (Å²) in [4.78, 5) is 25.9. The molecule has 0 saturated heterocycles. The van der Waals surface area contributed by atoms with Crippen LogP contribution in [0.3, 0.4) is 0 Å². The first kappa shape index (κ1) is 18.9. The molecule has 0 unspecified atom stereocenters. The molecule has 0 spiro atoms. The summed E-state index contributed by atoms with van der Waals surface area (Å²) in [6, 6.07) is 18.4. The Balaban J connectivity index is 1.44. The van der Waals surface area contributed by atoms with E-state index >= 15 is 0 Å². The van der Waals surface area contributed by atoms with Gasteiger partial charge in [-0.15, -0.1) is 0 Å². The van der Waals surface area contributed by atoms with Gasteiger partial charge in [-0.05, 0) is 53.6 Å². The number of halogens is 1. The van der Waals surface area contributed by atoms with Crippen molar-refractivity contribution in [1.29, 1.82) is 0 Å². The molecule has 1 amide bonds. The summed E-state index contributed by atoms with van der Waals surface area (Å²) in [5, 5.41) is 2.67. The molecular formula is C24H17FN2O4. The third-order valence-electron chi connectivity index (χ3n) is 5.15. The smallest absolute Gasteiger partial charge is 0.294 e. The largest absolute Gasteiger partial charge is 0.454 e. The molecule has 0 radical (unpaired) electrons. The average molecular weight is 416 g/mol. The molecule has 154 valence electrons. The summed E-state index contributed by atoms with van der Waals surface area (Å²) in [6.45, 7) is 0.327. The van der Waals surface area contributed by atoms with Crippen LogP contribution in [0.4, 0.5) is 4.39 Å². The normalized spacial score (nSPS) is 12.2. The molecule has 0 fully saturated rings. The van der Waals surface area contributed by atoms with Crippen molar-refractivity contribution < 1.29 is 23.5 Å². The zero-order chi connectivity index (χ0) is 21.4. The predicted molar refractivity (Wildman–Crippen MR) is 112 cm³/mol. The van der Waals surface area contributed by atoms with Crippen LogP contribution in [0.2, 0.25) is 0 Å². The van der Waals surface area contributed by atoms with Crippen molar-refractivity contribution in [3.8, 4) is 22.6 Å². The van der Waals surface area contributed by atoms with Crippen LogP contribution in [0.15, 0.2) is 72.9 Å². The zero-order valence-corrected chi connectivity index (χ0v) is 16.3. The van der Waals surface area contributed by atoms with Crippen LogP contribution >= 0.6 is 0 Å². The van der Waals surface area contributed by atoms with E-state index in [0.717, 1.165) is 11.1 Å². The minimum Gasteiger partial charge on any atom is -0.454 e. The van der Waals surface area contributed by atoms with Gasteiger partial charge in [-0.3, -0.25) is 9.59 Å². The highest BCUT2D eigenvalue weighted by Gasteiger charge is 2.25. The molecule has 1 aliphatic rings. The molecule has 0 saturated carbocycles. The molecule has 3 heterocycles. The molecule has 7 heteroatoms. The van der Waals surface area contributed by atoms with Crippen molar-refractivity contribution in [3.63, 3.8) is 0 Å². The Morgan fingerprint density at radius 1 is 0.968 bits per heavy atom. The van der Waals surface area contributed by atoms with Gasteiger partial charge in [0.1, 0.15) is 11.5 Å². The minimum absolute atomic E-state index is 0.163. The van der Waals surface area contributed by atoms with Crippen molar-refractivity contribution in [2.75, 3.05) is 6.79 Å². The number of carbonyl (C=O) groups is 2. The number of carbonyl (C=O) groups excluding carboxylic acids is 2. The summed E-state index contributed by atoms with van der Waals surface area (Å²) in [5.41, 5.74) is 2.98. The first-order chi connectivity index (χ1) is 15.1. The monoisotopic (exact) mass is 416 g/mol. The topological polar surface area (TPSA) is 69.0 Å². The molecule has 5 rings (SSSR count). The van der Waals surface area contributed by atoms with Crippen LogP contribution in [0.5, 0.6) is 11.5 Å². The first-order valence-corrected chi connectivity index (χ1v) is 9.67. The predicted octanol–water partition coefficient (Wildman–Crippen LogP) is 3.97. The van der Waals surface area contributed by atoms with Gasteiger partial charge in [0.15, 0.2) is 11.5 Å². The van der Waals surface area contributed by atoms with E-state index in [1.54, 1.807) is 47.0 Å². The molecular weight excluding hydrogens is 399 g/mol. The molecule has 0 atom stereocenters. The lowest BCUT2D eigenvalue weighted by atomic mass is 10.0. The number of hydrogen-bond acceptors (Lipinski definition) is 4. The van der Waals surface area contributed by atoms with Crippen LogP contribution in [-0.4, -0.2) is 22.9 Å². The SMILES string of the molecule is O=C(NCc1ccc2c(c1)OCO2)C(=O)c1c(-c2ccc(F)cc2)cc2ccccn12. The molecule has 6 nitrogen and oxygen atoms in total. The number of aromatic nitrogens is 1. The molecule has 2 aromatic carbocycles. The van der Waals surface area contributed by atoms with E-state index in [4.69, 9.17) is 9.47 Å². The van der Waals surface area contributed by atoms with Crippen molar-refractivity contribution in [2.24, 2.45) is 0 Å². The van der Waals surface area contributed by atoms with Gasteiger partial charge in [-0.2, -0.15) is 0 Å². The van der Waals surface area contributed by atoms with Crippen molar-refractivity contribution >= 4 is 17.2 Å². The Kier molecular flexibility index (Phi) is 4.63. The lowest BCUT2D eigenvalue weighted by Crippen LogP contribution is -2.31. The Morgan fingerprint density at radius 2 is 1.77 bits per heavy atom. The van der Waals surface area contributed by atoms with E-state index in [9.17, 15) is 14.0 Å². The number of hydrogen-bond donors (Lipinski definition) is 1. The second-order valence-corrected chi connectivity index (χ2v) is 7.11. The number of ether oxygens (including phenoxy) is 2. The third kappa shape index (κ3) is 3.50. The quantitative estimate of drug-likeness (QED) is 0.395. The Hall–Kier alpha value is -4.13. The molecule has 2 aromatic heterocycles. The third-order valence-corrected chi connectivity index (χ3v) is 5.15.